The zero-order valence-corrected chi connectivity index (χ0v) is 10.1. The second kappa shape index (κ2) is 4.48. The van der Waals surface area contributed by atoms with Gasteiger partial charge in [-0.3, -0.25) is 0 Å². The van der Waals surface area contributed by atoms with Crippen molar-refractivity contribution in [2.24, 2.45) is 0 Å². The van der Waals surface area contributed by atoms with E-state index in [-0.39, 0.29) is 0 Å². The zero-order valence-electron chi connectivity index (χ0n) is 10.1. The molecule has 0 atom stereocenters. The standard InChI is InChI=1S/C14H13BO3/c1-10-2-4-12(5-3-10)18-13-6-7-14-11(8-13)9-17-15(14)16/h2-8,16H,9H2,1H3. The van der Waals surface area contributed by atoms with E-state index in [1.807, 2.05) is 49.4 Å². The highest BCUT2D eigenvalue weighted by Crippen LogP contribution is 2.23. The average molecular weight is 240 g/mol. The minimum atomic E-state index is -0.798. The summed E-state index contributed by atoms with van der Waals surface area (Å²) in [6.45, 7) is 2.47. The van der Waals surface area contributed by atoms with Crippen LogP contribution in [0.2, 0.25) is 0 Å². The first-order valence-corrected chi connectivity index (χ1v) is 5.89. The van der Waals surface area contributed by atoms with Gasteiger partial charge in [-0.2, -0.15) is 0 Å². The molecule has 3 rings (SSSR count). The second-order valence-electron chi connectivity index (χ2n) is 4.44. The SMILES string of the molecule is Cc1ccc(Oc2ccc3c(c2)COB3O)cc1. The van der Waals surface area contributed by atoms with Gasteiger partial charge in [-0.1, -0.05) is 23.8 Å². The molecule has 1 N–H and O–H groups in total. The van der Waals surface area contributed by atoms with Gasteiger partial charge in [0.1, 0.15) is 11.5 Å². The summed E-state index contributed by atoms with van der Waals surface area (Å²) in [6.07, 6.45) is 0. The summed E-state index contributed by atoms with van der Waals surface area (Å²) in [6, 6.07) is 13.5. The van der Waals surface area contributed by atoms with Gasteiger partial charge in [0.05, 0.1) is 6.61 Å². The molecular weight excluding hydrogens is 227 g/mol. The molecule has 0 unspecified atom stereocenters. The molecule has 1 aliphatic heterocycles. The van der Waals surface area contributed by atoms with Crippen molar-refractivity contribution in [1.82, 2.24) is 0 Å². The van der Waals surface area contributed by atoms with E-state index in [2.05, 4.69) is 0 Å². The molecule has 18 heavy (non-hydrogen) atoms. The van der Waals surface area contributed by atoms with Crippen LogP contribution in [0.25, 0.3) is 0 Å². The minimum absolute atomic E-state index is 0.432. The first-order chi connectivity index (χ1) is 8.72. The van der Waals surface area contributed by atoms with Crippen molar-refractivity contribution in [2.45, 2.75) is 13.5 Å². The van der Waals surface area contributed by atoms with E-state index in [9.17, 15) is 5.02 Å². The van der Waals surface area contributed by atoms with Crippen molar-refractivity contribution in [3.05, 3.63) is 53.6 Å². The lowest BCUT2D eigenvalue weighted by Crippen LogP contribution is -2.27. The van der Waals surface area contributed by atoms with E-state index < -0.39 is 7.12 Å². The second-order valence-corrected chi connectivity index (χ2v) is 4.44. The Hall–Kier alpha value is -1.78. The normalized spacial score (nSPS) is 13.6. The van der Waals surface area contributed by atoms with Gasteiger partial charge in [0.15, 0.2) is 0 Å². The third-order valence-corrected chi connectivity index (χ3v) is 3.03. The number of hydrogen-bond acceptors (Lipinski definition) is 3. The average Bonchev–Trinajstić information content (AvgIpc) is 2.74. The van der Waals surface area contributed by atoms with E-state index in [4.69, 9.17) is 9.39 Å². The van der Waals surface area contributed by atoms with E-state index in [0.29, 0.717) is 6.61 Å². The largest absolute Gasteiger partial charge is 0.491 e. The maximum atomic E-state index is 9.53. The molecule has 1 heterocycles. The molecule has 0 bridgehead atoms. The molecule has 90 valence electrons. The fourth-order valence-electron chi connectivity index (χ4n) is 2.01. The maximum absolute atomic E-state index is 9.53. The number of hydrogen-bond donors (Lipinski definition) is 1. The molecule has 0 amide bonds. The third-order valence-electron chi connectivity index (χ3n) is 3.03. The van der Waals surface area contributed by atoms with Crippen molar-refractivity contribution >= 4 is 12.6 Å². The van der Waals surface area contributed by atoms with E-state index in [1.54, 1.807) is 0 Å². The van der Waals surface area contributed by atoms with Crippen LogP contribution < -0.4 is 10.2 Å². The molecule has 3 nitrogen and oxygen atoms in total. The number of benzene rings is 2. The fraction of sp³-hybridized carbons (Fsp3) is 0.143. The Labute approximate surface area is 106 Å². The van der Waals surface area contributed by atoms with E-state index >= 15 is 0 Å². The van der Waals surface area contributed by atoms with Crippen LogP contribution in [0, 0.1) is 6.92 Å². The molecule has 0 aromatic heterocycles. The van der Waals surface area contributed by atoms with Gasteiger partial charge in [-0.25, -0.2) is 0 Å². The quantitative estimate of drug-likeness (QED) is 0.816. The minimum Gasteiger partial charge on any atom is -0.457 e. The summed E-state index contributed by atoms with van der Waals surface area (Å²) in [5, 5.41) is 9.53. The first kappa shape index (κ1) is 11.3. The van der Waals surface area contributed by atoms with Gasteiger partial charge < -0.3 is 14.4 Å². The van der Waals surface area contributed by atoms with Gasteiger partial charge in [-0.05, 0) is 42.2 Å². The predicted octanol–water partition coefficient (Wildman–Crippen LogP) is 2.01. The van der Waals surface area contributed by atoms with E-state index in [1.165, 1.54) is 5.56 Å². The van der Waals surface area contributed by atoms with Crippen molar-refractivity contribution in [3.63, 3.8) is 0 Å². The molecule has 0 spiro atoms. The highest BCUT2D eigenvalue weighted by molar-refractivity contribution is 6.61. The van der Waals surface area contributed by atoms with Gasteiger partial charge in [0.2, 0.25) is 0 Å². The number of rotatable bonds is 2. The Kier molecular flexibility index (Phi) is 2.82. The molecule has 0 aliphatic carbocycles. The number of aryl methyl sites for hydroxylation is 1. The van der Waals surface area contributed by atoms with Gasteiger partial charge in [0.25, 0.3) is 0 Å². The summed E-state index contributed by atoms with van der Waals surface area (Å²) in [4.78, 5) is 0. The van der Waals surface area contributed by atoms with Gasteiger partial charge in [-0.15, -0.1) is 0 Å². The summed E-state index contributed by atoms with van der Waals surface area (Å²) >= 11 is 0. The number of ether oxygens (including phenoxy) is 1. The Balaban J connectivity index is 1.84. The van der Waals surface area contributed by atoms with Crippen molar-refractivity contribution in [1.29, 1.82) is 0 Å². The Morgan fingerprint density at radius 3 is 2.61 bits per heavy atom. The lowest BCUT2D eigenvalue weighted by atomic mass is 9.80. The molecule has 1 aliphatic rings. The summed E-state index contributed by atoms with van der Waals surface area (Å²) in [5.41, 5.74) is 3.01. The summed E-state index contributed by atoms with van der Waals surface area (Å²) in [5.74, 6) is 1.57. The predicted molar refractivity (Wildman–Crippen MR) is 70.1 cm³/mol. The van der Waals surface area contributed by atoms with E-state index in [0.717, 1.165) is 22.5 Å². The molecule has 4 heteroatoms. The van der Waals surface area contributed by atoms with Gasteiger partial charge >= 0.3 is 7.12 Å². The summed E-state index contributed by atoms with van der Waals surface area (Å²) in [7, 11) is -0.798. The summed E-state index contributed by atoms with van der Waals surface area (Å²) < 4.78 is 10.9. The number of fused-ring (bicyclic) bond motifs is 1. The highest BCUT2D eigenvalue weighted by Gasteiger charge is 2.27. The molecule has 0 saturated heterocycles. The third kappa shape index (κ3) is 2.12. The van der Waals surface area contributed by atoms with Gasteiger partial charge in [0, 0.05) is 0 Å². The maximum Gasteiger partial charge on any atom is 0.491 e. The fourth-order valence-corrected chi connectivity index (χ4v) is 2.01. The lowest BCUT2D eigenvalue weighted by molar-refractivity contribution is 0.275. The van der Waals surface area contributed by atoms with Crippen LogP contribution in [-0.2, 0) is 11.3 Å². The molecule has 2 aromatic rings. The van der Waals surface area contributed by atoms with Crippen molar-refractivity contribution < 1.29 is 14.4 Å². The smallest absolute Gasteiger partial charge is 0.457 e. The van der Waals surface area contributed by atoms with Crippen LogP contribution in [0.1, 0.15) is 11.1 Å². The molecular formula is C14H13BO3. The highest BCUT2D eigenvalue weighted by atomic mass is 16.5. The van der Waals surface area contributed by atoms with Crippen LogP contribution in [0.5, 0.6) is 11.5 Å². The van der Waals surface area contributed by atoms with Crippen LogP contribution in [0.3, 0.4) is 0 Å². The Bertz CT molecular complexity index is 566. The Morgan fingerprint density at radius 2 is 1.83 bits per heavy atom. The molecule has 0 fully saturated rings. The van der Waals surface area contributed by atoms with Crippen molar-refractivity contribution in [2.75, 3.05) is 0 Å². The first-order valence-electron chi connectivity index (χ1n) is 5.89. The topological polar surface area (TPSA) is 38.7 Å². The van der Waals surface area contributed by atoms with Crippen LogP contribution >= 0.6 is 0 Å². The molecule has 2 aromatic carbocycles. The molecule has 0 radical (unpaired) electrons. The Morgan fingerprint density at radius 1 is 1.11 bits per heavy atom. The monoisotopic (exact) mass is 240 g/mol. The molecule has 0 saturated carbocycles. The lowest BCUT2D eigenvalue weighted by Gasteiger charge is -2.07. The van der Waals surface area contributed by atoms with Crippen molar-refractivity contribution in [3.8, 4) is 11.5 Å². The van der Waals surface area contributed by atoms with Crippen LogP contribution in [0.4, 0.5) is 0 Å². The van der Waals surface area contributed by atoms with Crippen LogP contribution in [-0.4, -0.2) is 12.1 Å². The zero-order chi connectivity index (χ0) is 12.5. The van der Waals surface area contributed by atoms with Crippen LogP contribution in [0.15, 0.2) is 42.5 Å².